The predicted molar refractivity (Wildman–Crippen MR) is 103 cm³/mol. The Bertz CT molecular complexity index is 785. The van der Waals surface area contributed by atoms with Crippen molar-refractivity contribution in [1.29, 1.82) is 5.41 Å². The highest BCUT2D eigenvalue weighted by Gasteiger charge is 2.19. The largest absolute Gasteiger partial charge is 0.492 e. The number of carbonyl (C=O) groups is 1. The van der Waals surface area contributed by atoms with Crippen molar-refractivity contribution in [3.63, 3.8) is 0 Å². The van der Waals surface area contributed by atoms with Crippen LogP contribution in [0.25, 0.3) is 0 Å². The highest BCUT2D eigenvalue weighted by molar-refractivity contribution is 5.95. The summed E-state index contributed by atoms with van der Waals surface area (Å²) in [6.45, 7) is 2.77. The van der Waals surface area contributed by atoms with Crippen molar-refractivity contribution < 1.29 is 9.53 Å². The van der Waals surface area contributed by atoms with E-state index in [4.69, 9.17) is 15.9 Å². The summed E-state index contributed by atoms with van der Waals surface area (Å²) >= 11 is 0. The fourth-order valence-corrected chi connectivity index (χ4v) is 2.98. The Morgan fingerprint density at radius 2 is 1.85 bits per heavy atom. The maximum Gasteiger partial charge on any atom is 0.253 e. The Morgan fingerprint density at radius 3 is 2.62 bits per heavy atom. The highest BCUT2D eigenvalue weighted by Crippen LogP contribution is 2.17. The smallest absolute Gasteiger partial charge is 0.253 e. The summed E-state index contributed by atoms with van der Waals surface area (Å²) in [5.74, 6) is 0.800. The Balaban J connectivity index is 1.50. The van der Waals surface area contributed by atoms with Crippen molar-refractivity contribution in [2.24, 2.45) is 5.73 Å². The van der Waals surface area contributed by atoms with Crippen LogP contribution in [0.15, 0.2) is 48.5 Å². The van der Waals surface area contributed by atoms with E-state index in [1.54, 1.807) is 12.1 Å². The van der Waals surface area contributed by atoms with Crippen LogP contribution in [-0.4, -0.2) is 42.9 Å². The Morgan fingerprint density at radius 1 is 1.12 bits per heavy atom. The fraction of sp³-hybridized carbons (Fsp3) is 0.300. The topological polar surface area (TPSA) is 91.4 Å². The van der Waals surface area contributed by atoms with Crippen LogP contribution in [0.5, 0.6) is 5.75 Å². The van der Waals surface area contributed by atoms with Gasteiger partial charge >= 0.3 is 0 Å². The average Bonchev–Trinajstić information content (AvgIpc) is 3.20. The van der Waals surface area contributed by atoms with Crippen LogP contribution in [0.3, 0.4) is 0 Å². The van der Waals surface area contributed by atoms with Crippen LogP contribution in [0.1, 0.15) is 28.8 Å². The summed E-state index contributed by atoms with van der Waals surface area (Å²) in [6.07, 6.45) is 2.18. The number of likely N-dealkylation sites (tertiary alicyclic amines) is 1. The zero-order valence-electron chi connectivity index (χ0n) is 14.7. The van der Waals surface area contributed by atoms with Gasteiger partial charge in [0.25, 0.3) is 5.91 Å². The zero-order valence-corrected chi connectivity index (χ0v) is 14.7. The van der Waals surface area contributed by atoms with Gasteiger partial charge in [-0.2, -0.15) is 0 Å². The lowest BCUT2D eigenvalue weighted by molar-refractivity contribution is 0.0793. The second-order valence-corrected chi connectivity index (χ2v) is 6.30. The minimum Gasteiger partial charge on any atom is -0.492 e. The van der Waals surface area contributed by atoms with Crippen molar-refractivity contribution in [3.8, 4) is 5.75 Å². The van der Waals surface area contributed by atoms with E-state index in [2.05, 4.69) is 5.32 Å². The molecule has 0 bridgehead atoms. The summed E-state index contributed by atoms with van der Waals surface area (Å²) in [7, 11) is 0. The minimum atomic E-state index is 0.0214. The first kappa shape index (κ1) is 17.8. The lowest BCUT2D eigenvalue weighted by Crippen LogP contribution is -2.27. The van der Waals surface area contributed by atoms with Crippen LogP contribution in [0.2, 0.25) is 0 Å². The van der Waals surface area contributed by atoms with Gasteiger partial charge in [-0.05, 0) is 43.2 Å². The number of nitrogens with zero attached hydrogens (tertiary/aromatic N) is 1. The average molecular weight is 352 g/mol. The number of nitrogens with one attached hydrogen (secondary N) is 2. The van der Waals surface area contributed by atoms with Gasteiger partial charge in [0, 0.05) is 36.4 Å². The van der Waals surface area contributed by atoms with Crippen LogP contribution in [0.4, 0.5) is 5.69 Å². The normalized spacial score (nSPS) is 13.5. The molecular weight excluding hydrogens is 328 g/mol. The monoisotopic (exact) mass is 352 g/mol. The summed E-state index contributed by atoms with van der Waals surface area (Å²) in [5, 5.41) is 10.7. The number of hydrogen-bond acceptors (Lipinski definition) is 4. The molecule has 3 rings (SSSR count). The molecule has 4 N–H and O–H groups in total. The van der Waals surface area contributed by atoms with Crippen molar-refractivity contribution in [1.82, 2.24) is 4.90 Å². The highest BCUT2D eigenvalue weighted by atomic mass is 16.5. The molecule has 0 aliphatic carbocycles. The first-order chi connectivity index (χ1) is 12.6. The minimum absolute atomic E-state index is 0.0214. The van der Waals surface area contributed by atoms with Crippen LogP contribution in [-0.2, 0) is 0 Å². The van der Waals surface area contributed by atoms with Gasteiger partial charge in [0.05, 0.1) is 0 Å². The molecule has 1 fully saturated rings. The van der Waals surface area contributed by atoms with Gasteiger partial charge in [0.2, 0.25) is 0 Å². The molecule has 1 saturated heterocycles. The van der Waals surface area contributed by atoms with Crippen molar-refractivity contribution in [2.75, 3.05) is 31.6 Å². The molecule has 0 aromatic heterocycles. The van der Waals surface area contributed by atoms with E-state index in [0.717, 1.165) is 31.6 Å². The summed E-state index contributed by atoms with van der Waals surface area (Å²) in [4.78, 5) is 14.4. The molecule has 6 nitrogen and oxygen atoms in total. The molecule has 0 spiro atoms. The molecule has 2 aromatic rings. The van der Waals surface area contributed by atoms with E-state index >= 15 is 0 Å². The Hall–Kier alpha value is -3.02. The lowest BCUT2D eigenvalue weighted by atomic mass is 10.1. The third kappa shape index (κ3) is 4.53. The molecule has 2 aromatic carbocycles. The van der Waals surface area contributed by atoms with E-state index in [1.165, 1.54) is 0 Å². The summed E-state index contributed by atoms with van der Waals surface area (Å²) < 4.78 is 5.69. The number of nitrogen functional groups attached to an aromatic ring is 1. The molecule has 26 heavy (non-hydrogen) atoms. The number of hydrogen-bond donors (Lipinski definition) is 3. The SMILES string of the molecule is N=C(N)c1cccc(OCCNc2cccc(C(=O)N3CCCC3)c2)c1. The summed E-state index contributed by atoms with van der Waals surface area (Å²) in [5.41, 5.74) is 7.74. The summed E-state index contributed by atoms with van der Waals surface area (Å²) in [6, 6.07) is 14.7. The molecular formula is C20H24N4O2. The number of ether oxygens (including phenoxy) is 1. The predicted octanol–water partition coefficient (Wildman–Crippen LogP) is 2.70. The van der Waals surface area contributed by atoms with Crippen LogP contribution in [0, 0.1) is 5.41 Å². The van der Waals surface area contributed by atoms with Gasteiger partial charge in [-0.1, -0.05) is 18.2 Å². The van der Waals surface area contributed by atoms with E-state index in [-0.39, 0.29) is 11.7 Å². The second-order valence-electron chi connectivity index (χ2n) is 6.30. The van der Waals surface area contributed by atoms with Gasteiger partial charge in [0.15, 0.2) is 0 Å². The number of anilines is 1. The van der Waals surface area contributed by atoms with Crippen molar-refractivity contribution >= 4 is 17.4 Å². The van der Waals surface area contributed by atoms with Crippen molar-refractivity contribution in [3.05, 3.63) is 59.7 Å². The molecule has 1 aliphatic heterocycles. The number of carbonyl (C=O) groups excluding carboxylic acids is 1. The lowest BCUT2D eigenvalue weighted by Gasteiger charge is -2.16. The Kier molecular flexibility index (Phi) is 5.73. The Labute approximate surface area is 153 Å². The molecule has 1 amide bonds. The maximum absolute atomic E-state index is 12.4. The number of amides is 1. The maximum atomic E-state index is 12.4. The molecule has 6 heteroatoms. The van der Waals surface area contributed by atoms with Crippen LogP contribution < -0.4 is 15.8 Å². The molecule has 136 valence electrons. The van der Waals surface area contributed by atoms with Gasteiger partial charge in [-0.25, -0.2) is 0 Å². The van der Waals surface area contributed by atoms with Gasteiger partial charge in [0.1, 0.15) is 18.2 Å². The first-order valence-corrected chi connectivity index (χ1v) is 8.84. The third-order valence-electron chi connectivity index (χ3n) is 4.35. The van der Waals surface area contributed by atoms with E-state index in [1.807, 2.05) is 41.3 Å². The van der Waals surface area contributed by atoms with Gasteiger partial charge < -0.3 is 20.7 Å². The quantitative estimate of drug-likeness (QED) is 0.406. The molecule has 0 unspecified atom stereocenters. The fourth-order valence-electron chi connectivity index (χ4n) is 2.98. The van der Waals surface area contributed by atoms with Crippen molar-refractivity contribution in [2.45, 2.75) is 12.8 Å². The zero-order chi connectivity index (χ0) is 18.4. The first-order valence-electron chi connectivity index (χ1n) is 8.84. The van der Waals surface area contributed by atoms with Gasteiger partial charge in [-0.15, -0.1) is 0 Å². The molecule has 0 saturated carbocycles. The number of amidine groups is 1. The van der Waals surface area contributed by atoms with E-state index in [0.29, 0.717) is 30.0 Å². The second kappa shape index (κ2) is 8.38. The van der Waals surface area contributed by atoms with E-state index < -0.39 is 0 Å². The van der Waals surface area contributed by atoms with Gasteiger partial charge in [-0.3, -0.25) is 10.2 Å². The van der Waals surface area contributed by atoms with E-state index in [9.17, 15) is 4.79 Å². The van der Waals surface area contributed by atoms with Crippen LogP contribution >= 0.6 is 0 Å². The number of rotatable bonds is 7. The molecule has 1 heterocycles. The number of benzene rings is 2. The standard InChI is InChI=1S/C20H24N4O2/c21-19(22)15-5-4-8-18(14-15)26-12-9-23-17-7-3-6-16(13-17)20(25)24-10-1-2-11-24/h3-8,13-14,23H,1-2,9-12H2,(H3,21,22). The molecule has 1 aliphatic rings. The third-order valence-corrected chi connectivity index (χ3v) is 4.35. The number of nitrogens with two attached hydrogens (primary N) is 1. The molecule has 0 radical (unpaired) electrons. The molecule has 0 atom stereocenters.